The van der Waals surface area contributed by atoms with Crippen LogP contribution in [0.2, 0.25) is 5.02 Å². The van der Waals surface area contributed by atoms with Crippen LogP contribution in [0.3, 0.4) is 0 Å². The lowest BCUT2D eigenvalue weighted by molar-refractivity contribution is -0.119. The third kappa shape index (κ3) is 6.22. The van der Waals surface area contributed by atoms with Crippen molar-refractivity contribution in [3.05, 3.63) is 59.4 Å². The van der Waals surface area contributed by atoms with Gasteiger partial charge in [0.05, 0.1) is 0 Å². The van der Waals surface area contributed by atoms with E-state index in [0.717, 1.165) is 11.3 Å². The topological polar surface area (TPSA) is 96.0 Å². The van der Waals surface area contributed by atoms with Crippen molar-refractivity contribution in [2.24, 2.45) is 5.92 Å². The van der Waals surface area contributed by atoms with E-state index in [9.17, 15) is 14.0 Å². The summed E-state index contributed by atoms with van der Waals surface area (Å²) in [6, 6.07) is 11.2. The van der Waals surface area contributed by atoms with Crippen LogP contribution < -0.4 is 16.0 Å². The van der Waals surface area contributed by atoms with Crippen LogP contribution in [-0.4, -0.2) is 28.2 Å². The SMILES string of the molecule is CC[C@H](C)[C@@H](NC(=O)Nc1cccc(Cl)c1)C(=O)Nc1nnc(-c2ccc(F)cc2)s1. The van der Waals surface area contributed by atoms with Crippen molar-refractivity contribution in [2.75, 3.05) is 10.6 Å². The maximum absolute atomic E-state index is 13.1. The molecule has 2 atom stereocenters. The van der Waals surface area contributed by atoms with Crippen molar-refractivity contribution in [1.82, 2.24) is 15.5 Å². The number of halogens is 2. The zero-order valence-corrected chi connectivity index (χ0v) is 18.4. The van der Waals surface area contributed by atoms with E-state index >= 15 is 0 Å². The van der Waals surface area contributed by atoms with Gasteiger partial charge in [-0.2, -0.15) is 0 Å². The fourth-order valence-electron chi connectivity index (χ4n) is 2.74. The highest BCUT2D eigenvalue weighted by atomic mass is 35.5. The number of nitrogens with one attached hydrogen (secondary N) is 3. The first-order valence-corrected chi connectivity index (χ1v) is 10.8. The Morgan fingerprint density at radius 1 is 1.13 bits per heavy atom. The van der Waals surface area contributed by atoms with Crippen molar-refractivity contribution >= 4 is 45.7 Å². The average Bonchev–Trinajstić information content (AvgIpc) is 3.20. The van der Waals surface area contributed by atoms with Gasteiger partial charge < -0.3 is 10.6 Å². The molecule has 10 heteroatoms. The zero-order chi connectivity index (χ0) is 22.4. The van der Waals surface area contributed by atoms with E-state index in [0.29, 0.717) is 27.7 Å². The number of amides is 3. The lowest BCUT2D eigenvalue weighted by Crippen LogP contribution is -2.49. The molecular formula is C21H21ClFN5O2S. The van der Waals surface area contributed by atoms with Crippen LogP contribution in [0, 0.1) is 11.7 Å². The van der Waals surface area contributed by atoms with Crippen molar-refractivity contribution in [3.63, 3.8) is 0 Å². The van der Waals surface area contributed by atoms with Crippen LogP contribution in [0.4, 0.5) is 20.0 Å². The van der Waals surface area contributed by atoms with E-state index in [1.165, 1.54) is 12.1 Å². The molecule has 3 amide bonds. The Labute approximate surface area is 188 Å². The van der Waals surface area contributed by atoms with Gasteiger partial charge in [-0.1, -0.05) is 49.3 Å². The molecule has 0 fully saturated rings. The van der Waals surface area contributed by atoms with Gasteiger partial charge in [0.1, 0.15) is 16.9 Å². The van der Waals surface area contributed by atoms with Gasteiger partial charge in [-0.15, -0.1) is 10.2 Å². The minimum absolute atomic E-state index is 0.130. The van der Waals surface area contributed by atoms with E-state index in [4.69, 9.17) is 11.6 Å². The van der Waals surface area contributed by atoms with Crippen LogP contribution in [0.15, 0.2) is 48.5 Å². The molecule has 1 heterocycles. The van der Waals surface area contributed by atoms with E-state index in [1.54, 1.807) is 36.4 Å². The molecule has 0 radical (unpaired) electrons. The summed E-state index contributed by atoms with van der Waals surface area (Å²) in [6.45, 7) is 3.80. The lowest BCUT2D eigenvalue weighted by Gasteiger charge is -2.23. The lowest BCUT2D eigenvalue weighted by atomic mass is 9.98. The molecule has 0 bridgehead atoms. The summed E-state index contributed by atoms with van der Waals surface area (Å²) in [5.41, 5.74) is 1.21. The maximum atomic E-state index is 13.1. The van der Waals surface area contributed by atoms with Crippen LogP contribution in [0.5, 0.6) is 0 Å². The van der Waals surface area contributed by atoms with Crippen molar-refractivity contribution in [3.8, 4) is 10.6 Å². The second-order valence-electron chi connectivity index (χ2n) is 6.88. The molecule has 0 aliphatic heterocycles. The fourth-order valence-corrected chi connectivity index (χ4v) is 3.68. The second-order valence-corrected chi connectivity index (χ2v) is 8.29. The van der Waals surface area contributed by atoms with Gasteiger partial charge in [0, 0.05) is 16.3 Å². The molecule has 0 saturated carbocycles. The summed E-state index contributed by atoms with van der Waals surface area (Å²) in [5, 5.41) is 17.4. The first-order chi connectivity index (χ1) is 14.9. The Balaban J connectivity index is 1.67. The Morgan fingerprint density at radius 3 is 2.55 bits per heavy atom. The quantitative estimate of drug-likeness (QED) is 0.452. The summed E-state index contributed by atoms with van der Waals surface area (Å²) in [5.74, 6) is -0.882. The third-order valence-corrected chi connectivity index (χ3v) is 5.73. The highest BCUT2D eigenvalue weighted by Gasteiger charge is 2.27. The molecule has 0 spiro atoms. The van der Waals surface area contributed by atoms with Crippen molar-refractivity contribution < 1.29 is 14.0 Å². The minimum atomic E-state index is -0.789. The molecule has 2 aromatic carbocycles. The molecule has 31 heavy (non-hydrogen) atoms. The third-order valence-electron chi connectivity index (χ3n) is 4.61. The number of hydrogen-bond donors (Lipinski definition) is 3. The number of carbonyl (C=O) groups is 2. The first-order valence-electron chi connectivity index (χ1n) is 9.59. The van der Waals surface area contributed by atoms with Crippen LogP contribution >= 0.6 is 22.9 Å². The van der Waals surface area contributed by atoms with Gasteiger partial charge in [0.2, 0.25) is 11.0 Å². The van der Waals surface area contributed by atoms with Gasteiger partial charge in [-0.3, -0.25) is 10.1 Å². The molecule has 3 N–H and O–H groups in total. The summed E-state index contributed by atoms with van der Waals surface area (Å²) >= 11 is 7.10. The number of anilines is 2. The Kier molecular flexibility index (Phi) is 7.54. The number of carbonyl (C=O) groups excluding carboxylic acids is 2. The van der Waals surface area contributed by atoms with Crippen molar-refractivity contribution in [1.29, 1.82) is 0 Å². The minimum Gasteiger partial charge on any atom is -0.326 e. The predicted octanol–water partition coefficient (Wildman–Crippen LogP) is 5.17. The summed E-state index contributed by atoms with van der Waals surface area (Å²) in [6.07, 6.45) is 0.673. The Hall–Kier alpha value is -3.04. The maximum Gasteiger partial charge on any atom is 0.319 e. The van der Waals surface area contributed by atoms with Crippen molar-refractivity contribution in [2.45, 2.75) is 26.3 Å². The van der Waals surface area contributed by atoms with Crippen LogP contribution in [0.1, 0.15) is 20.3 Å². The van der Waals surface area contributed by atoms with Crippen LogP contribution in [0.25, 0.3) is 10.6 Å². The van der Waals surface area contributed by atoms with Gasteiger partial charge in [-0.05, 0) is 48.4 Å². The van der Waals surface area contributed by atoms with Gasteiger partial charge >= 0.3 is 6.03 Å². The fraction of sp³-hybridized carbons (Fsp3) is 0.238. The molecule has 0 saturated heterocycles. The number of nitrogens with zero attached hydrogens (tertiary/aromatic N) is 2. The summed E-state index contributed by atoms with van der Waals surface area (Å²) < 4.78 is 13.1. The second kappa shape index (κ2) is 10.3. The largest absolute Gasteiger partial charge is 0.326 e. The van der Waals surface area contributed by atoms with Gasteiger partial charge in [-0.25, -0.2) is 9.18 Å². The number of benzene rings is 2. The Bertz CT molecular complexity index is 1060. The number of hydrogen-bond acceptors (Lipinski definition) is 5. The zero-order valence-electron chi connectivity index (χ0n) is 16.9. The van der Waals surface area contributed by atoms with E-state index in [2.05, 4.69) is 26.1 Å². The highest BCUT2D eigenvalue weighted by Crippen LogP contribution is 2.26. The number of aromatic nitrogens is 2. The molecule has 0 unspecified atom stereocenters. The summed E-state index contributed by atoms with van der Waals surface area (Å²) in [4.78, 5) is 25.3. The molecule has 162 valence electrons. The highest BCUT2D eigenvalue weighted by molar-refractivity contribution is 7.18. The molecule has 7 nitrogen and oxygen atoms in total. The van der Waals surface area contributed by atoms with Crippen LogP contribution in [-0.2, 0) is 4.79 Å². The van der Waals surface area contributed by atoms with E-state index < -0.39 is 18.0 Å². The smallest absolute Gasteiger partial charge is 0.319 e. The first kappa shape index (κ1) is 22.6. The predicted molar refractivity (Wildman–Crippen MR) is 121 cm³/mol. The molecule has 3 rings (SSSR count). The molecular weight excluding hydrogens is 441 g/mol. The number of rotatable bonds is 7. The van der Waals surface area contributed by atoms with Gasteiger partial charge in [0.15, 0.2) is 0 Å². The molecule has 0 aliphatic rings. The standard InChI is InChI=1S/C21H21ClFN5O2S/c1-3-12(2)17(25-20(30)24-16-6-4-5-14(22)11-16)18(29)26-21-28-27-19(31-21)13-7-9-15(23)10-8-13/h4-12,17H,3H2,1-2H3,(H2,24,25,30)(H,26,28,29)/t12-,17+/m0/s1. The molecule has 3 aromatic rings. The van der Waals surface area contributed by atoms with E-state index in [1.807, 2.05) is 13.8 Å². The van der Waals surface area contributed by atoms with Gasteiger partial charge in [0.25, 0.3) is 0 Å². The monoisotopic (exact) mass is 461 g/mol. The average molecular weight is 462 g/mol. The summed E-state index contributed by atoms with van der Waals surface area (Å²) in [7, 11) is 0. The Morgan fingerprint density at radius 2 is 1.87 bits per heavy atom. The molecule has 0 aliphatic carbocycles. The normalized spacial score (nSPS) is 12.6. The molecule has 1 aromatic heterocycles. The van der Waals surface area contributed by atoms with E-state index in [-0.39, 0.29) is 16.9 Å². The number of urea groups is 1.